The number of hydrogen-bond donors (Lipinski definition) is 1. The summed E-state index contributed by atoms with van der Waals surface area (Å²) in [7, 11) is 1.61. The number of ether oxygens (including phenoxy) is 1. The molecule has 0 aliphatic rings. The lowest BCUT2D eigenvalue weighted by atomic mass is 10.0. The number of amides is 2. The predicted molar refractivity (Wildman–Crippen MR) is 125 cm³/mol. The average Bonchev–Trinajstić information content (AvgIpc) is 3.21. The molecule has 160 valence electrons. The van der Waals surface area contributed by atoms with Crippen LogP contribution in [0.25, 0.3) is 6.08 Å². The van der Waals surface area contributed by atoms with Gasteiger partial charge in [0.25, 0.3) is 0 Å². The molecule has 0 fully saturated rings. The van der Waals surface area contributed by atoms with Crippen molar-refractivity contribution in [2.75, 3.05) is 12.0 Å². The van der Waals surface area contributed by atoms with E-state index in [4.69, 9.17) is 4.74 Å². The van der Waals surface area contributed by atoms with E-state index in [9.17, 15) is 9.59 Å². The highest BCUT2D eigenvalue weighted by Crippen LogP contribution is 2.29. The number of carbonyl (C=O) groups excluding carboxylic acids is 2. The predicted octanol–water partition coefficient (Wildman–Crippen LogP) is 5.04. The Morgan fingerprint density at radius 2 is 1.94 bits per heavy atom. The molecule has 1 heterocycles. The third-order valence-electron chi connectivity index (χ3n) is 4.65. The molecule has 3 aromatic rings. The van der Waals surface area contributed by atoms with Crippen LogP contribution in [-0.4, -0.2) is 23.9 Å². The minimum absolute atomic E-state index is 0.130. The Labute approximate surface area is 186 Å². The largest absolute Gasteiger partial charge is 0.496 e. The van der Waals surface area contributed by atoms with Crippen molar-refractivity contribution in [3.8, 4) is 5.75 Å². The van der Waals surface area contributed by atoms with Gasteiger partial charge in [-0.3, -0.25) is 14.5 Å². The Bertz CT molecular complexity index is 1090. The summed E-state index contributed by atoms with van der Waals surface area (Å²) in [4.78, 5) is 30.6. The molecule has 6 nitrogen and oxygen atoms in total. The Balaban J connectivity index is 1.70. The number of aromatic nitrogens is 1. The Morgan fingerprint density at radius 3 is 2.61 bits per heavy atom. The number of thiazole rings is 1. The van der Waals surface area contributed by atoms with Gasteiger partial charge in [0.2, 0.25) is 11.8 Å². The monoisotopic (exact) mass is 435 g/mol. The fraction of sp³-hybridized carbons (Fsp3) is 0.208. The molecule has 0 radical (unpaired) electrons. The van der Waals surface area contributed by atoms with Crippen molar-refractivity contribution in [1.82, 2.24) is 10.3 Å². The smallest absolute Gasteiger partial charge is 0.244 e. The molecule has 7 heteroatoms. The molecular weight excluding hydrogens is 410 g/mol. The lowest BCUT2D eigenvalue weighted by Crippen LogP contribution is -2.25. The maximum absolute atomic E-state index is 12.4. The summed E-state index contributed by atoms with van der Waals surface area (Å²) in [5.41, 5.74) is 3.37. The number of carbonyl (C=O) groups is 2. The van der Waals surface area contributed by atoms with Crippen LogP contribution in [0.4, 0.5) is 10.8 Å². The molecule has 0 bridgehead atoms. The highest BCUT2D eigenvalue weighted by Gasteiger charge is 2.17. The van der Waals surface area contributed by atoms with Crippen LogP contribution in [-0.2, 0) is 9.59 Å². The van der Waals surface area contributed by atoms with E-state index in [2.05, 4.69) is 10.3 Å². The zero-order valence-corrected chi connectivity index (χ0v) is 18.8. The molecular formula is C24H25N3O3S. The molecule has 1 N–H and O–H groups in total. The third kappa shape index (κ3) is 5.58. The van der Waals surface area contributed by atoms with Crippen LogP contribution in [0.1, 0.15) is 36.7 Å². The molecule has 2 amide bonds. The fourth-order valence-corrected chi connectivity index (χ4v) is 4.01. The summed E-state index contributed by atoms with van der Waals surface area (Å²) in [6.45, 7) is 5.41. The van der Waals surface area contributed by atoms with E-state index >= 15 is 0 Å². The van der Waals surface area contributed by atoms with Gasteiger partial charge in [-0.2, -0.15) is 0 Å². The maximum Gasteiger partial charge on any atom is 0.244 e. The Hall–Kier alpha value is -3.45. The van der Waals surface area contributed by atoms with E-state index in [-0.39, 0.29) is 17.9 Å². The van der Waals surface area contributed by atoms with E-state index in [1.54, 1.807) is 18.1 Å². The highest BCUT2D eigenvalue weighted by atomic mass is 32.1. The van der Waals surface area contributed by atoms with Crippen molar-refractivity contribution in [2.45, 2.75) is 26.8 Å². The van der Waals surface area contributed by atoms with Gasteiger partial charge in [-0.1, -0.05) is 35.9 Å². The first-order valence-electron chi connectivity index (χ1n) is 9.83. The number of nitrogens with zero attached hydrogens (tertiary/aromatic N) is 2. The van der Waals surface area contributed by atoms with E-state index < -0.39 is 0 Å². The molecule has 2 aromatic carbocycles. The molecule has 0 aliphatic carbocycles. The number of hydrogen-bond acceptors (Lipinski definition) is 5. The van der Waals surface area contributed by atoms with E-state index in [0.29, 0.717) is 10.8 Å². The number of benzene rings is 2. The van der Waals surface area contributed by atoms with Gasteiger partial charge in [0, 0.05) is 23.9 Å². The van der Waals surface area contributed by atoms with Crippen molar-refractivity contribution in [3.63, 3.8) is 0 Å². The molecule has 0 spiro atoms. The first kappa shape index (κ1) is 22.2. The SMILES string of the molecule is COc1ccc(C)cc1C(C)NC(=O)/C=C/c1csc(N(C(C)=O)c2ccccc2)n1. The van der Waals surface area contributed by atoms with Gasteiger partial charge in [0.15, 0.2) is 5.13 Å². The molecule has 0 aliphatic heterocycles. The number of anilines is 2. The Morgan fingerprint density at radius 1 is 1.19 bits per heavy atom. The Kier molecular flexibility index (Phi) is 7.20. The minimum Gasteiger partial charge on any atom is -0.496 e. The topological polar surface area (TPSA) is 71.5 Å². The summed E-state index contributed by atoms with van der Waals surface area (Å²) in [5.74, 6) is 0.364. The van der Waals surface area contributed by atoms with Gasteiger partial charge in [-0.05, 0) is 38.1 Å². The zero-order valence-electron chi connectivity index (χ0n) is 18.0. The summed E-state index contributed by atoms with van der Waals surface area (Å²) in [5, 5.41) is 5.31. The van der Waals surface area contributed by atoms with Crippen molar-refractivity contribution in [1.29, 1.82) is 0 Å². The van der Waals surface area contributed by atoms with Crippen molar-refractivity contribution < 1.29 is 14.3 Å². The minimum atomic E-state index is -0.239. The molecule has 1 unspecified atom stereocenters. The van der Waals surface area contributed by atoms with Crippen molar-refractivity contribution >= 4 is 40.0 Å². The molecule has 31 heavy (non-hydrogen) atoms. The quantitative estimate of drug-likeness (QED) is 0.528. The molecule has 1 atom stereocenters. The van der Waals surface area contributed by atoms with Crippen LogP contribution in [0.5, 0.6) is 5.75 Å². The van der Waals surface area contributed by atoms with Crippen LogP contribution in [0.15, 0.2) is 60.0 Å². The molecule has 0 saturated heterocycles. The molecule has 3 rings (SSSR count). The number of methoxy groups -OCH3 is 1. The number of para-hydroxylation sites is 1. The first-order valence-corrected chi connectivity index (χ1v) is 10.7. The van der Waals surface area contributed by atoms with Crippen LogP contribution in [0.2, 0.25) is 0 Å². The normalized spacial score (nSPS) is 11.9. The number of aryl methyl sites for hydroxylation is 1. The van der Waals surface area contributed by atoms with Gasteiger partial charge in [0.1, 0.15) is 5.75 Å². The maximum atomic E-state index is 12.4. The van der Waals surface area contributed by atoms with Gasteiger partial charge in [-0.15, -0.1) is 11.3 Å². The third-order valence-corrected chi connectivity index (χ3v) is 5.49. The van der Waals surface area contributed by atoms with E-state index in [1.165, 1.54) is 24.3 Å². The van der Waals surface area contributed by atoms with E-state index in [1.807, 2.05) is 67.8 Å². The second-order valence-electron chi connectivity index (χ2n) is 7.05. The summed E-state index contributed by atoms with van der Waals surface area (Å²) >= 11 is 1.34. The first-order chi connectivity index (χ1) is 14.9. The van der Waals surface area contributed by atoms with Gasteiger partial charge in [-0.25, -0.2) is 4.98 Å². The number of nitrogens with one attached hydrogen (secondary N) is 1. The van der Waals surface area contributed by atoms with E-state index in [0.717, 1.165) is 22.6 Å². The second-order valence-corrected chi connectivity index (χ2v) is 7.89. The van der Waals surface area contributed by atoms with Crippen LogP contribution in [0.3, 0.4) is 0 Å². The summed E-state index contributed by atoms with van der Waals surface area (Å²) in [6, 6.07) is 15.0. The van der Waals surface area contributed by atoms with Gasteiger partial charge in [0.05, 0.1) is 24.5 Å². The summed E-state index contributed by atoms with van der Waals surface area (Å²) < 4.78 is 5.40. The standard InChI is InChI=1S/C24H25N3O3S/c1-16-10-12-22(30-4)21(14-16)17(2)25-23(29)13-11-19-15-31-24(26-19)27(18(3)28)20-8-6-5-7-9-20/h5-15,17H,1-4H3,(H,25,29)/b13-11+. The number of rotatable bonds is 7. The van der Waals surface area contributed by atoms with Gasteiger partial charge < -0.3 is 10.1 Å². The van der Waals surface area contributed by atoms with Crippen molar-refractivity contribution in [3.05, 3.63) is 76.8 Å². The summed E-state index contributed by atoms with van der Waals surface area (Å²) in [6.07, 6.45) is 3.08. The fourth-order valence-electron chi connectivity index (χ4n) is 3.15. The van der Waals surface area contributed by atoms with Gasteiger partial charge >= 0.3 is 0 Å². The zero-order chi connectivity index (χ0) is 22.4. The van der Waals surface area contributed by atoms with Crippen LogP contribution < -0.4 is 15.0 Å². The molecule has 0 saturated carbocycles. The highest BCUT2D eigenvalue weighted by molar-refractivity contribution is 7.14. The molecule has 1 aromatic heterocycles. The van der Waals surface area contributed by atoms with Crippen LogP contribution >= 0.6 is 11.3 Å². The second kappa shape index (κ2) is 10.0. The lowest BCUT2D eigenvalue weighted by Gasteiger charge is -2.17. The van der Waals surface area contributed by atoms with Crippen molar-refractivity contribution in [2.24, 2.45) is 0 Å². The van der Waals surface area contributed by atoms with Crippen LogP contribution in [0, 0.1) is 6.92 Å². The average molecular weight is 436 g/mol. The lowest BCUT2D eigenvalue weighted by molar-refractivity contribution is -0.117.